The van der Waals surface area contributed by atoms with Crippen molar-refractivity contribution in [2.24, 2.45) is 0 Å². The summed E-state index contributed by atoms with van der Waals surface area (Å²) in [4.78, 5) is 15.6. The molecule has 10 heteroatoms. The number of carbonyl (C=O) groups is 1. The Morgan fingerprint density at radius 1 is 1.24 bits per heavy atom. The van der Waals surface area contributed by atoms with Gasteiger partial charge >= 0.3 is 6.18 Å². The van der Waals surface area contributed by atoms with Crippen molar-refractivity contribution in [3.63, 3.8) is 0 Å². The highest BCUT2D eigenvalue weighted by Crippen LogP contribution is 2.38. The van der Waals surface area contributed by atoms with Gasteiger partial charge in [-0.1, -0.05) is 0 Å². The Morgan fingerprint density at radius 3 is 2.76 bits per heavy atom. The van der Waals surface area contributed by atoms with E-state index in [4.69, 9.17) is 0 Å². The second kappa shape index (κ2) is 7.19. The van der Waals surface area contributed by atoms with Gasteiger partial charge in [0.1, 0.15) is 17.0 Å². The van der Waals surface area contributed by atoms with E-state index in [0.29, 0.717) is 42.2 Å². The third-order valence-electron chi connectivity index (χ3n) is 4.72. The summed E-state index contributed by atoms with van der Waals surface area (Å²) in [6.07, 6.45) is -1.82. The van der Waals surface area contributed by atoms with E-state index in [2.05, 4.69) is 25.8 Å². The smallest absolute Gasteiger partial charge is 0.416 e. The van der Waals surface area contributed by atoms with Crippen molar-refractivity contribution in [3.8, 4) is 17.0 Å². The van der Waals surface area contributed by atoms with Crippen LogP contribution in [-0.2, 0) is 11.0 Å². The van der Waals surface area contributed by atoms with Crippen LogP contribution in [0.1, 0.15) is 18.4 Å². The maximum Gasteiger partial charge on any atom is 0.416 e. The summed E-state index contributed by atoms with van der Waals surface area (Å²) in [6, 6.07) is 6.04. The van der Waals surface area contributed by atoms with Crippen LogP contribution >= 0.6 is 0 Å². The number of amides is 1. The van der Waals surface area contributed by atoms with Gasteiger partial charge in [-0.2, -0.15) is 13.2 Å². The van der Waals surface area contributed by atoms with E-state index in [1.54, 1.807) is 18.3 Å². The van der Waals surface area contributed by atoms with Gasteiger partial charge in [-0.05, 0) is 36.8 Å². The molecule has 7 nitrogen and oxygen atoms in total. The highest BCUT2D eigenvalue weighted by Gasteiger charge is 2.31. The Balaban J connectivity index is 1.69. The fourth-order valence-corrected chi connectivity index (χ4v) is 3.26. The molecule has 0 saturated carbocycles. The first-order valence-electron chi connectivity index (χ1n) is 8.88. The van der Waals surface area contributed by atoms with E-state index >= 15 is 0 Å². The first-order valence-corrected chi connectivity index (χ1v) is 8.88. The SMILES string of the molecule is O=C1CC[C@H](CNc2nnc(-c3ccc(C(F)(F)F)cc3O)c3cccnc23)N1. The summed E-state index contributed by atoms with van der Waals surface area (Å²) in [6.45, 7) is 0.441. The second-order valence-electron chi connectivity index (χ2n) is 6.71. The number of carbonyl (C=O) groups excluding carboxylic acids is 1. The number of pyridine rings is 1. The monoisotopic (exact) mass is 403 g/mol. The first-order chi connectivity index (χ1) is 13.8. The van der Waals surface area contributed by atoms with E-state index in [1.807, 2.05) is 0 Å². The predicted octanol–water partition coefficient (Wildman–Crippen LogP) is 3.11. The third-order valence-corrected chi connectivity index (χ3v) is 4.72. The average Bonchev–Trinajstić information content (AvgIpc) is 3.11. The fraction of sp³-hybridized carbons (Fsp3) is 0.263. The summed E-state index contributed by atoms with van der Waals surface area (Å²) >= 11 is 0. The number of phenols is 1. The molecule has 1 atom stereocenters. The van der Waals surface area contributed by atoms with Gasteiger partial charge in [0.25, 0.3) is 0 Å². The average molecular weight is 403 g/mol. The van der Waals surface area contributed by atoms with Crippen molar-refractivity contribution >= 4 is 22.6 Å². The Morgan fingerprint density at radius 2 is 2.07 bits per heavy atom. The quantitative estimate of drug-likeness (QED) is 0.619. The number of alkyl halides is 3. The Kier molecular flexibility index (Phi) is 4.69. The zero-order chi connectivity index (χ0) is 20.6. The van der Waals surface area contributed by atoms with Crippen LogP contribution in [0.15, 0.2) is 36.5 Å². The molecule has 0 bridgehead atoms. The van der Waals surface area contributed by atoms with Gasteiger partial charge in [0, 0.05) is 36.2 Å². The van der Waals surface area contributed by atoms with Crippen molar-refractivity contribution < 1.29 is 23.1 Å². The lowest BCUT2D eigenvalue weighted by atomic mass is 10.0. The number of aromatic nitrogens is 3. The van der Waals surface area contributed by atoms with Gasteiger partial charge in [-0.15, -0.1) is 10.2 Å². The Hall–Kier alpha value is -3.43. The minimum absolute atomic E-state index is 0.000931. The molecule has 1 aliphatic heterocycles. The number of nitrogens with one attached hydrogen (secondary N) is 2. The molecule has 3 heterocycles. The Labute approximate surface area is 163 Å². The number of nitrogens with zero attached hydrogens (tertiary/aromatic N) is 3. The number of benzene rings is 1. The van der Waals surface area contributed by atoms with Gasteiger partial charge in [0.15, 0.2) is 5.82 Å². The molecule has 1 amide bonds. The summed E-state index contributed by atoms with van der Waals surface area (Å²) in [7, 11) is 0. The molecule has 1 aliphatic rings. The van der Waals surface area contributed by atoms with Crippen LogP contribution in [0.4, 0.5) is 19.0 Å². The van der Waals surface area contributed by atoms with Crippen LogP contribution in [0, 0.1) is 0 Å². The molecule has 0 aliphatic carbocycles. The van der Waals surface area contributed by atoms with E-state index in [9.17, 15) is 23.1 Å². The largest absolute Gasteiger partial charge is 0.507 e. The number of halogens is 3. The van der Waals surface area contributed by atoms with Crippen molar-refractivity contribution in [2.45, 2.75) is 25.1 Å². The molecule has 0 unspecified atom stereocenters. The molecule has 0 radical (unpaired) electrons. The molecule has 1 aromatic carbocycles. The molecule has 3 aromatic rings. The Bertz CT molecular complexity index is 1090. The van der Waals surface area contributed by atoms with Crippen molar-refractivity contribution in [1.29, 1.82) is 0 Å². The number of aromatic hydroxyl groups is 1. The number of phenolic OH excluding ortho intramolecular Hbond substituents is 1. The summed E-state index contributed by atoms with van der Waals surface area (Å²) in [5.41, 5.74) is -0.149. The van der Waals surface area contributed by atoms with E-state index in [-0.39, 0.29) is 23.2 Å². The zero-order valence-electron chi connectivity index (χ0n) is 15.0. The van der Waals surface area contributed by atoms with Crippen LogP contribution in [0.3, 0.4) is 0 Å². The fourth-order valence-electron chi connectivity index (χ4n) is 3.26. The van der Waals surface area contributed by atoms with Gasteiger partial charge in [-0.3, -0.25) is 9.78 Å². The highest BCUT2D eigenvalue weighted by molar-refractivity contribution is 5.98. The predicted molar refractivity (Wildman–Crippen MR) is 99.1 cm³/mol. The van der Waals surface area contributed by atoms with Gasteiger partial charge in [0.05, 0.1) is 5.56 Å². The molecule has 1 fully saturated rings. The highest BCUT2D eigenvalue weighted by atomic mass is 19.4. The lowest BCUT2D eigenvalue weighted by molar-refractivity contribution is -0.137. The third kappa shape index (κ3) is 3.78. The minimum atomic E-state index is -4.56. The summed E-state index contributed by atoms with van der Waals surface area (Å²) in [5.74, 6) is -0.162. The lowest BCUT2D eigenvalue weighted by Crippen LogP contribution is -2.32. The molecule has 0 spiro atoms. The van der Waals surface area contributed by atoms with Gasteiger partial charge < -0.3 is 15.7 Å². The van der Waals surface area contributed by atoms with E-state index < -0.39 is 17.5 Å². The maximum absolute atomic E-state index is 12.9. The molecule has 2 aromatic heterocycles. The molecule has 4 rings (SSSR count). The molecular weight excluding hydrogens is 387 g/mol. The molecule has 150 valence electrons. The lowest BCUT2D eigenvalue weighted by Gasteiger charge is -2.14. The maximum atomic E-state index is 12.9. The minimum Gasteiger partial charge on any atom is -0.507 e. The van der Waals surface area contributed by atoms with E-state index in [0.717, 1.165) is 12.1 Å². The second-order valence-corrected chi connectivity index (χ2v) is 6.71. The van der Waals surface area contributed by atoms with Crippen LogP contribution in [0.2, 0.25) is 0 Å². The van der Waals surface area contributed by atoms with Crippen molar-refractivity contribution in [3.05, 3.63) is 42.1 Å². The number of hydrogen-bond donors (Lipinski definition) is 3. The normalized spacial score (nSPS) is 16.8. The van der Waals surface area contributed by atoms with Crippen LogP contribution in [-0.4, -0.2) is 38.8 Å². The first kappa shape index (κ1) is 18.9. The summed E-state index contributed by atoms with van der Waals surface area (Å²) < 4.78 is 38.6. The molecule has 29 heavy (non-hydrogen) atoms. The van der Waals surface area contributed by atoms with Gasteiger partial charge in [-0.25, -0.2) is 0 Å². The van der Waals surface area contributed by atoms with Crippen LogP contribution < -0.4 is 10.6 Å². The zero-order valence-corrected chi connectivity index (χ0v) is 15.0. The van der Waals surface area contributed by atoms with Gasteiger partial charge in [0.2, 0.25) is 5.91 Å². The molecule has 1 saturated heterocycles. The van der Waals surface area contributed by atoms with Crippen LogP contribution in [0.5, 0.6) is 5.75 Å². The number of rotatable bonds is 4. The topological polar surface area (TPSA) is 100 Å². The molecular formula is C19H16F3N5O2. The van der Waals surface area contributed by atoms with E-state index in [1.165, 1.54) is 0 Å². The number of anilines is 1. The number of hydrogen-bond acceptors (Lipinski definition) is 6. The van der Waals surface area contributed by atoms with Crippen molar-refractivity contribution in [2.75, 3.05) is 11.9 Å². The number of fused-ring (bicyclic) bond motifs is 1. The summed E-state index contributed by atoms with van der Waals surface area (Å²) in [5, 5.41) is 24.9. The standard InChI is InChI=1S/C19H16F3N5O2/c20-19(21,22)10-3-5-12(14(28)8-10)16-13-2-1-7-23-17(13)18(27-26-16)24-9-11-4-6-15(29)25-11/h1-3,5,7-8,11,28H,4,6,9H2,(H,24,27)(H,25,29)/t11-/m1/s1. The van der Waals surface area contributed by atoms with Crippen molar-refractivity contribution in [1.82, 2.24) is 20.5 Å². The van der Waals surface area contributed by atoms with Crippen LogP contribution in [0.25, 0.3) is 22.2 Å². The molecule has 3 N–H and O–H groups in total.